The van der Waals surface area contributed by atoms with Gasteiger partial charge in [0, 0.05) is 26.1 Å². The molecule has 0 aliphatic carbocycles. The highest BCUT2D eigenvalue weighted by Crippen LogP contribution is 2.31. The molecule has 1 saturated heterocycles. The summed E-state index contributed by atoms with van der Waals surface area (Å²) in [6.07, 6.45) is 1.58. The summed E-state index contributed by atoms with van der Waals surface area (Å²) in [6.45, 7) is 1.61. The van der Waals surface area contributed by atoms with Gasteiger partial charge >= 0.3 is 0 Å². The number of fused-ring (bicyclic) bond motifs is 1. The van der Waals surface area contributed by atoms with Crippen LogP contribution in [0.15, 0.2) is 11.4 Å². The van der Waals surface area contributed by atoms with Crippen molar-refractivity contribution in [2.24, 2.45) is 11.7 Å². The van der Waals surface area contributed by atoms with E-state index in [-0.39, 0.29) is 11.8 Å². The first-order valence-electron chi connectivity index (χ1n) is 6.66. The summed E-state index contributed by atoms with van der Waals surface area (Å²) >= 11 is 1.61. The largest absolute Gasteiger partial charge is 0.369 e. The molecular formula is C13H17N5OS. The third-order valence-corrected chi connectivity index (χ3v) is 4.53. The van der Waals surface area contributed by atoms with Gasteiger partial charge in [0.05, 0.1) is 5.39 Å². The van der Waals surface area contributed by atoms with Crippen LogP contribution in [0.4, 0.5) is 11.8 Å². The number of carbonyl (C=O) groups excluding carboxylic acids is 1. The fraction of sp³-hybridized carbons (Fsp3) is 0.462. The average molecular weight is 291 g/mol. The SMILES string of the molecule is CNc1nc(N2CCC(C(N)=O)CC2)c2ccsc2n1. The Hall–Kier alpha value is -1.89. The first-order valence-corrected chi connectivity index (χ1v) is 7.54. The molecule has 0 saturated carbocycles. The molecule has 2 aromatic heterocycles. The highest BCUT2D eigenvalue weighted by molar-refractivity contribution is 7.16. The molecule has 7 heteroatoms. The molecule has 1 aliphatic rings. The molecule has 0 aromatic carbocycles. The van der Waals surface area contributed by atoms with Crippen LogP contribution in [0.1, 0.15) is 12.8 Å². The monoisotopic (exact) mass is 291 g/mol. The Labute approximate surface area is 121 Å². The number of hydrogen-bond donors (Lipinski definition) is 2. The second kappa shape index (κ2) is 5.24. The highest BCUT2D eigenvalue weighted by atomic mass is 32.1. The molecule has 6 nitrogen and oxygen atoms in total. The number of rotatable bonds is 3. The number of thiophene rings is 1. The number of nitrogens with two attached hydrogens (primary N) is 1. The number of aromatic nitrogens is 2. The third kappa shape index (κ3) is 2.29. The van der Waals surface area contributed by atoms with Gasteiger partial charge in [0.2, 0.25) is 11.9 Å². The van der Waals surface area contributed by atoms with Gasteiger partial charge in [-0.2, -0.15) is 4.98 Å². The van der Waals surface area contributed by atoms with Crippen LogP contribution >= 0.6 is 11.3 Å². The lowest BCUT2D eigenvalue weighted by atomic mass is 9.96. The van der Waals surface area contributed by atoms with Gasteiger partial charge in [-0.15, -0.1) is 11.3 Å². The minimum Gasteiger partial charge on any atom is -0.369 e. The van der Waals surface area contributed by atoms with E-state index in [0.29, 0.717) is 5.95 Å². The van der Waals surface area contributed by atoms with Crippen LogP contribution in [0.5, 0.6) is 0 Å². The number of primary amides is 1. The van der Waals surface area contributed by atoms with Crippen molar-refractivity contribution in [1.82, 2.24) is 9.97 Å². The molecule has 1 amide bonds. The standard InChI is InChI=1S/C13H17N5OS/c1-15-13-16-11(9-4-7-20-12(9)17-13)18-5-2-8(3-6-18)10(14)19/h4,7-8H,2-3,5-6H2,1H3,(H2,14,19)(H,15,16,17). The minimum absolute atomic E-state index is 0.00479. The molecule has 0 spiro atoms. The lowest BCUT2D eigenvalue weighted by Gasteiger charge is -2.31. The first kappa shape index (κ1) is 13.1. The van der Waals surface area contributed by atoms with E-state index in [4.69, 9.17) is 5.73 Å². The van der Waals surface area contributed by atoms with Crippen LogP contribution in [-0.2, 0) is 4.79 Å². The molecular weight excluding hydrogens is 274 g/mol. The molecule has 2 aromatic rings. The summed E-state index contributed by atoms with van der Waals surface area (Å²) in [4.78, 5) is 23.5. The predicted octanol–water partition coefficient (Wildman–Crippen LogP) is 1.43. The molecule has 0 bridgehead atoms. The van der Waals surface area contributed by atoms with Gasteiger partial charge in [0.15, 0.2) is 0 Å². The fourth-order valence-corrected chi connectivity index (χ4v) is 3.33. The summed E-state index contributed by atoms with van der Waals surface area (Å²) in [5.41, 5.74) is 5.38. The quantitative estimate of drug-likeness (QED) is 0.894. The van der Waals surface area contributed by atoms with Gasteiger partial charge in [0.25, 0.3) is 0 Å². The van der Waals surface area contributed by atoms with Crippen LogP contribution < -0.4 is 16.0 Å². The van der Waals surface area contributed by atoms with Gasteiger partial charge in [0.1, 0.15) is 10.6 Å². The van der Waals surface area contributed by atoms with Crippen molar-refractivity contribution in [2.45, 2.75) is 12.8 Å². The predicted molar refractivity (Wildman–Crippen MR) is 81.1 cm³/mol. The van der Waals surface area contributed by atoms with Crippen molar-refractivity contribution in [1.29, 1.82) is 0 Å². The van der Waals surface area contributed by atoms with Crippen LogP contribution in [0, 0.1) is 5.92 Å². The number of nitrogens with zero attached hydrogens (tertiary/aromatic N) is 3. The Morgan fingerprint density at radius 3 is 2.85 bits per heavy atom. The van der Waals surface area contributed by atoms with E-state index in [1.165, 1.54) is 0 Å². The minimum atomic E-state index is -0.191. The Morgan fingerprint density at radius 2 is 2.20 bits per heavy atom. The molecule has 106 valence electrons. The van der Waals surface area contributed by atoms with Gasteiger partial charge in [-0.3, -0.25) is 4.79 Å². The van der Waals surface area contributed by atoms with Gasteiger partial charge in [-0.05, 0) is 24.3 Å². The second-order valence-corrected chi connectivity index (χ2v) is 5.82. The zero-order valence-corrected chi connectivity index (χ0v) is 12.1. The maximum atomic E-state index is 11.2. The van der Waals surface area contributed by atoms with E-state index < -0.39 is 0 Å². The summed E-state index contributed by atoms with van der Waals surface area (Å²) in [5.74, 6) is 1.38. The Balaban J connectivity index is 1.90. The number of anilines is 2. The summed E-state index contributed by atoms with van der Waals surface area (Å²) < 4.78 is 0. The molecule has 20 heavy (non-hydrogen) atoms. The first-order chi connectivity index (χ1) is 9.69. The van der Waals surface area contributed by atoms with Crippen molar-refractivity contribution in [3.8, 4) is 0 Å². The van der Waals surface area contributed by atoms with E-state index in [0.717, 1.165) is 42.0 Å². The molecule has 0 atom stereocenters. The van der Waals surface area contributed by atoms with Crippen LogP contribution in [0.25, 0.3) is 10.2 Å². The van der Waals surface area contributed by atoms with Crippen molar-refractivity contribution < 1.29 is 4.79 Å². The van der Waals surface area contributed by atoms with Gasteiger partial charge < -0.3 is 16.0 Å². The number of amides is 1. The molecule has 1 aliphatic heterocycles. The van der Waals surface area contributed by atoms with Gasteiger partial charge in [-0.1, -0.05) is 0 Å². The van der Waals surface area contributed by atoms with E-state index in [9.17, 15) is 4.79 Å². The summed E-state index contributed by atoms with van der Waals surface area (Å²) in [5, 5.41) is 6.10. The fourth-order valence-electron chi connectivity index (χ4n) is 2.57. The zero-order valence-electron chi connectivity index (χ0n) is 11.3. The number of nitrogens with one attached hydrogen (secondary N) is 1. The van der Waals surface area contributed by atoms with Crippen molar-refractivity contribution >= 4 is 39.2 Å². The van der Waals surface area contributed by atoms with Crippen LogP contribution in [0.3, 0.4) is 0 Å². The Kier molecular flexibility index (Phi) is 3.43. The van der Waals surface area contributed by atoms with E-state index in [2.05, 4.69) is 26.3 Å². The zero-order chi connectivity index (χ0) is 14.1. The molecule has 1 fully saturated rings. The van der Waals surface area contributed by atoms with Crippen LogP contribution in [0.2, 0.25) is 0 Å². The third-order valence-electron chi connectivity index (χ3n) is 3.73. The van der Waals surface area contributed by atoms with Crippen molar-refractivity contribution in [2.75, 3.05) is 30.4 Å². The Morgan fingerprint density at radius 1 is 1.45 bits per heavy atom. The maximum absolute atomic E-state index is 11.2. The summed E-state index contributed by atoms with van der Waals surface area (Å²) in [7, 11) is 1.82. The molecule has 3 N–H and O–H groups in total. The van der Waals surface area contributed by atoms with Crippen LogP contribution in [-0.4, -0.2) is 36.0 Å². The topological polar surface area (TPSA) is 84.1 Å². The number of carbonyl (C=O) groups is 1. The normalized spacial score (nSPS) is 16.6. The maximum Gasteiger partial charge on any atom is 0.225 e. The van der Waals surface area contributed by atoms with E-state index in [1.54, 1.807) is 11.3 Å². The van der Waals surface area contributed by atoms with Gasteiger partial charge in [-0.25, -0.2) is 4.98 Å². The average Bonchev–Trinajstić information content (AvgIpc) is 2.94. The highest BCUT2D eigenvalue weighted by Gasteiger charge is 2.25. The van der Waals surface area contributed by atoms with E-state index in [1.807, 2.05) is 12.4 Å². The smallest absolute Gasteiger partial charge is 0.225 e. The van der Waals surface area contributed by atoms with Crippen molar-refractivity contribution in [3.05, 3.63) is 11.4 Å². The summed E-state index contributed by atoms with van der Waals surface area (Å²) in [6, 6.07) is 2.05. The Bertz CT molecular complexity index is 633. The lowest BCUT2D eigenvalue weighted by molar-refractivity contribution is -0.122. The molecule has 3 rings (SSSR count). The number of hydrogen-bond acceptors (Lipinski definition) is 6. The lowest BCUT2D eigenvalue weighted by Crippen LogP contribution is -2.39. The number of piperidine rings is 1. The molecule has 3 heterocycles. The van der Waals surface area contributed by atoms with E-state index >= 15 is 0 Å². The molecule has 0 unspecified atom stereocenters. The van der Waals surface area contributed by atoms with Crippen molar-refractivity contribution in [3.63, 3.8) is 0 Å². The second-order valence-electron chi connectivity index (χ2n) is 4.92. The molecule has 0 radical (unpaired) electrons.